The molecule has 3 fully saturated rings. The van der Waals surface area contributed by atoms with Crippen LogP contribution in [0, 0.1) is 16.7 Å². The zero-order chi connectivity index (χ0) is 15.8. The van der Waals surface area contributed by atoms with E-state index in [0.717, 1.165) is 6.42 Å². The Labute approximate surface area is 125 Å². The molecule has 6 nitrogen and oxygen atoms in total. The van der Waals surface area contributed by atoms with E-state index in [0.29, 0.717) is 12.8 Å². The van der Waals surface area contributed by atoms with Gasteiger partial charge in [0.1, 0.15) is 5.78 Å². The maximum atomic E-state index is 12.6. The van der Waals surface area contributed by atoms with E-state index in [1.807, 2.05) is 13.8 Å². The average Bonchev–Trinajstić information content (AvgIpc) is 2.71. The summed E-state index contributed by atoms with van der Waals surface area (Å²) in [4.78, 5) is 14.2. The van der Waals surface area contributed by atoms with Gasteiger partial charge >= 0.3 is 0 Å². The third kappa shape index (κ3) is 1.75. The van der Waals surface area contributed by atoms with E-state index in [1.165, 1.54) is 0 Å². The van der Waals surface area contributed by atoms with Gasteiger partial charge in [-0.3, -0.25) is 14.2 Å². The number of hydrogen-bond acceptors (Lipinski definition) is 5. The second-order valence-corrected chi connectivity index (χ2v) is 8.90. The molecule has 3 rings (SSSR count). The van der Waals surface area contributed by atoms with Crippen LogP contribution in [-0.2, 0) is 14.9 Å². The fraction of sp³-hybridized carbons (Fsp3) is 0.929. The molecule has 0 aromatic heterocycles. The van der Waals surface area contributed by atoms with Crippen LogP contribution >= 0.6 is 0 Å². The molecule has 2 aliphatic carbocycles. The Morgan fingerprint density at radius 2 is 2.00 bits per heavy atom. The Morgan fingerprint density at radius 1 is 1.38 bits per heavy atom. The number of carbonyl (C=O) groups is 1. The fourth-order valence-electron chi connectivity index (χ4n) is 4.93. The fourth-order valence-corrected chi connectivity index (χ4v) is 6.61. The van der Waals surface area contributed by atoms with Gasteiger partial charge in [0.25, 0.3) is 10.1 Å². The van der Waals surface area contributed by atoms with Crippen molar-refractivity contribution < 1.29 is 22.9 Å². The second kappa shape index (κ2) is 4.28. The number of aliphatic hydroxyl groups excluding tert-OH is 1. The number of hydrogen-bond donors (Lipinski definition) is 2. The highest BCUT2D eigenvalue weighted by Crippen LogP contribution is 2.67. The molecule has 0 amide bonds. The van der Waals surface area contributed by atoms with Crippen molar-refractivity contribution in [3.8, 4) is 0 Å². The van der Waals surface area contributed by atoms with Crippen molar-refractivity contribution in [2.75, 3.05) is 6.54 Å². The summed E-state index contributed by atoms with van der Waals surface area (Å²) in [5.41, 5.74) is -1.51. The van der Waals surface area contributed by atoms with Crippen molar-refractivity contribution in [2.45, 2.75) is 57.6 Å². The number of likely N-dealkylation sites (tertiary alicyclic amines) is 1. The highest BCUT2D eigenvalue weighted by molar-refractivity contribution is 7.86. The number of Topliss-reactive ketones (excluding diaryl/α,β-unsaturated/α-hetero) is 1. The Morgan fingerprint density at radius 3 is 2.33 bits per heavy atom. The maximum Gasteiger partial charge on any atom is 0.282 e. The minimum absolute atomic E-state index is 0.0556. The smallest absolute Gasteiger partial charge is 0.282 e. The molecule has 21 heavy (non-hydrogen) atoms. The first kappa shape index (κ1) is 15.4. The van der Waals surface area contributed by atoms with Gasteiger partial charge < -0.3 is 5.11 Å². The van der Waals surface area contributed by atoms with Crippen molar-refractivity contribution in [3.05, 3.63) is 0 Å². The van der Waals surface area contributed by atoms with Crippen LogP contribution in [0.4, 0.5) is 0 Å². The SMILES string of the molecule is C[C@H]1[C@H](O)CN1[C@@H](C12CCC(CC1=O)C2(C)C)S(=O)(=O)O. The molecular weight excluding hydrogens is 294 g/mol. The third-order valence-electron chi connectivity index (χ3n) is 6.47. The maximum absolute atomic E-state index is 12.6. The highest BCUT2D eigenvalue weighted by atomic mass is 32.2. The molecule has 1 saturated heterocycles. The van der Waals surface area contributed by atoms with Crippen LogP contribution in [0.15, 0.2) is 0 Å². The molecule has 3 aliphatic rings. The van der Waals surface area contributed by atoms with Crippen molar-refractivity contribution in [3.63, 3.8) is 0 Å². The topological polar surface area (TPSA) is 94.9 Å². The lowest BCUT2D eigenvalue weighted by atomic mass is 9.67. The molecule has 5 atom stereocenters. The van der Waals surface area contributed by atoms with Crippen molar-refractivity contribution in [2.24, 2.45) is 16.7 Å². The lowest BCUT2D eigenvalue weighted by molar-refractivity contribution is -0.141. The summed E-state index contributed by atoms with van der Waals surface area (Å²) >= 11 is 0. The van der Waals surface area contributed by atoms with E-state index in [9.17, 15) is 22.9 Å². The first-order valence-electron chi connectivity index (χ1n) is 7.47. The standard InChI is InChI=1S/C14H23NO5S/c1-8-10(16)7-15(8)12(21(18,19)20)14-5-4-9(6-11(14)17)13(14,2)3/h8-10,12,16H,4-7H2,1-3H3,(H,18,19,20)/t8-,9?,10+,12+,14?/m0/s1. The molecule has 2 bridgehead atoms. The second-order valence-electron chi connectivity index (χ2n) is 7.43. The molecule has 1 aliphatic heterocycles. The Balaban J connectivity index is 2.11. The van der Waals surface area contributed by atoms with Gasteiger partial charge in [0.2, 0.25) is 0 Å². The van der Waals surface area contributed by atoms with E-state index < -0.39 is 32.4 Å². The van der Waals surface area contributed by atoms with E-state index in [1.54, 1.807) is 11.8 Å². The molecule has 2 unspecified atom stereocenters. The highest BCUT2D eigenvalue weighted by Gasteiger charge is 2.72. The number of nitrogens with zero attached hydrogens (tertiary/aromatic N) is 1. The molecule has 0 radical (unpaired) electrons. The van der Waals surface area contributed by atoms with Gasteiger partial charge in [-0.05, 0) is 31.1 Å². The number of fused-ring (bicyclic) bond motifs is 2. The van der Waals surface area contributed by atoms with Gasteiger partial charge in [0.05, 0.1) is 11.5 Å². The van der Waals surface area contributed by atoms with Gasteiger partial charge in [-0.1, -0.05) is 13.8 Å². The Hall–Kier alpha value is -0.500. The van der Waals surface area contributed by atoms with Crippen LogP contribution in [0.3, 0.4) is 0 Å². The predicted molar refractivity (Wildman–Crippen MR) is 76.1 cm³/mol. The summed E-state index contributed by atoms with van der Waals surface area (Å²) in [6.45, 7) is 5.78. The van der Waals surface area contributed by atoms with Crippen molar-refractivity contribution in [1.82, 2.24) is 4.90 Å². The largest absolute Gasteiger partial charge is 0.390 e. The first-order valence-corrected chi connectivity index (χ1v) is 8.97. The van der Waals surface area contributed by atoms with Crippen molar-refractivity contribution >= 4 is 15.9 Å². The predicted octanol–water partition coefficient (Wildman–Crippen LogP) is 0.661. The number of aliphatic hydroxyl groups is 1. The average molecular weight is 317 g/mol. The summed E-state index contributed by atoms with van der Waals surface area (Å²) in [5.74, 6) is 0.121. The summed E-state index contributed by atoms with van der Waals surface area (Å²) in [6.07, 6.45) is 1.09. The normalized spacial score (nSPS) is 43.9. The molecule has 0 aromatic rings. The molecular formula is C14H23NO5S. The first-order chi connectivity index (χ1) is 9.53. The van der Waals surface area contributed by atoms with Crippen molar-refractivity contribution in [1.29, 1.82) is 0 Å². The van der Waals surface area contributed by atoms with Crippen LogP contribution < -0.4 is 0 Å². The molecule has 1 heterocycles. The third-order valence-corrected chi connectivity index (χ3v) is 7.71. The summed E-state index contributed by atoms with van der Waals surface area (Å²) in [6, 6.07) is -0.366. The van der Waals surface area contributed by atoms with Crippen LogP contribution in [0.1, 0.15) is 40.0 Å². The Kier molecular flexibility index (Phi) is 3.14. The monoisotopic (exact) mass is 317 g/mol. The van der Waals surface area contributed by atoms with E-state index in [-0.39, 0.29) is 24.3 Å². The van der Waals surface area contributed by atoms with Crippen LogP contribution in [-0.4, -0.2) is 52.8 Å². The minimum atomic E-state index is -4.42. The minimum Gasteiger partial charge on any atom is -0.390 e. The van der Waals surface area contributed by atoms with E-state index in [2.05, 4.69) is 0 Å². The number of β-amino-alcohol motifs (C(OH)–C–C–N with tert-alkyl or cyclic N) is 1. The van der Waals surface area contributed by atoms with Crippen LogP contribution in [0.25, 0.3) is 0 Å². The number of carbonyl (C=O) groups excluding carboxylic acids is 1. The van der Waals surface area contributed by atoms with Crippen LogP contribution in [0.2, 0.25) is 0 Å². The number of rotatable bonds is 3. The van der Waals surface area contributed by atoms with Crippen LogP contribution in [0.5, 0.6) is 0 Å². The van der Waals surface area contributed by atoms with E-state index in [4.69, 9.17) is 0 Å². The summed E-state index contributed by atoms with van der Waals surface area (Å²) in [7, 11) is -4.42. The molecule has 0 aromatic carbocycles. The van der Waals surface area contributed by atoms with Gasteiger partial charge in [-0.25, -0.2) is 0 Å². The molecule has 2 N–H and O–H groups in total. The molecule has 120 valence electrons. The number of ketones is 1. The van der Waals surface area contributed by atoms with Gasteiger partial charge in [-0.2, -0.15) is 8.42 Å². The summed E-state index contributed by atoms with van der Waals surface area (Å²) in [5, 5.41) is 8.47. The summed E-state index contributed by atoms with van der Waals surface area (Å²) < 4.78 is 34.0. The molecule has 2 saturated carbocycles. The van der Waals surface area contributed by atoms with Gasteiger partial charge in [-0.15, -0.1) is 0 Å². The van der Waals surface area contributed by atoms with Gasteiger partial charge in [0.15, 0.2) is 5.37 Å². The lowest BCUT2D eigenvalue weighted by Gasteiger charge is -2.53. The van der Waals surface area contributed by atoms with E-state index >= 15 is 0 Å². The molecule has 7 heteroatoms. The van der Waals surface area contributed by atoms with Gasteiger partial charge in [0, 0.05) is 19.0 Å². The zero-order valence-corrected chi connectivity index (χ0v) is 13.4. The quantitative estimate of drug-likeness (QED) is 0.743. The Bertz CT molecular complexity index is 586. The molecule has 0 spiro atoms. The lowest BCUT2D eigenvalue weighted by Crippen LogP contribution is -2.69. The zero-order valence-electron chi connectivity index (χ0n) is 12.6.